The molecule has 15 heavy (non-hydrogen) atoms. The molecule has 0 aromatic rings. The Morgan fingerprint density at radius 2 is 2.33 bits per heavy atom. The highest BCUT2D eigenvalue weighted by Gasteiger charge is 2.32. The van der Waals surface area contributed by atoms with Crippen LogP contribution >= 0.6 is 0 Å². The molecule has 1 N–H and O–H groups in total. The third-order valence-corrected chi connectivity index (χ3v) is 1.77. The van der Waals surface area contributed by atoms with Gasteiger partial charge in [0.05, 0.1) is 0 Å². The average molecular weight is 213 g/mol. The fourth-order valence-corrected chi connectivity index (χ4v) is 1.07. The van der Waals surface area contributed by atoms with Crippen LogP contribution in [-0.2, 0) is 19.1 Å². The van der Waals surface area contributed by atoms with Crippen molar-refractivity contribution in [1.29, 1.82) is 0 Å². The summed E-state index contributed by atoms with van der Waals surface area (Å²) in [5.74, 6) is -1.10. The lowest BCUT2D eigenvalue weighted by atomic mass is 10.2. The van der Waals surface area contributed by atoms with Gasteiger partial charge >= 0.3 is 18.0 Å². The van der Waals surface area contributed by atoms with Crippen LogP contribution in [0.1, 0.15) is 12.8 Å². The van der Waals surface area contributed by atoms with Crippen LogP contribution in [0.25, 0.3) is 0 Å². The molecule has 0 spiro atoms. The second-order valence-corrected chi connectivity index (χ2v) is 2.92. The Kier molecular flexibility index (Phi) is 3.84. The predicted molar refractivity (Wildman–Crippen MR) is 48.8 cm³/mol. The van der Waals surface area contributed by atoms with E-state index >= 15 is 0 Å². The number of hydrogen-bond donors (Lipinski definition) is 1. The van der Waals surface area contributed by atoms with Gasteiger partial charge in [-0.2, -0.15) is 0 Å². The molecule has 1 atom stereocenters. The van der Waals surface area contributed by atoms with Crippen molar-refractivity contribution in [3.05, 3.63) is 12.7 Å². The summed E-state index contributed by atoms with van der Waals surface area (Å²) < 4.78 is 8.92. The van der Waals surface area contributed by atoms with Gasteiger partial charge in [0.15, 0.2) is 0 Å². The average Bonchev–Trinajstić information content (AvgIpc) is 2.51. The number of nitrogens with one attached hydrogen (secondary N) is 1. The van der Waals surface area contributed by atoms with Crippen molar-refractivity contribution in [2.45, 2.75) is 18.9 Å². The van der Waals surface area contributed by atoms with E-state index in [-0.39, 0.29) is 19.4 Å². The molecule has 1 aliphatic rings. The minimum Gasteiger partial charge on any atom is -0.461 e. The number of carbonyl (C=O) groups is 3. The second-order valence-electron chi connectivity index (χ2n) is 2.92. The summed E-state index contributed by atoms with van der Waals surface area (Å²) in [4.78, 5) is 32.5. The second kappa shape index (κ2) is 5.14. The van der Waals surface area contributed by atoms with Gasteiger partial charge in [-0.3, -0.25) is 4.79 Å². The third kappa shape index (κ3) is 3.41. The lowest BCUT2D eigenvalue weighted by Gasteiger charge is -2.04. The van der Waals surface area contributed by atoms with Crippen LogP contribution in [0.4, 0.5) is 4.79 Å². The van der Waals surface area contributed by atoms with Gasteiger partial charge in [-0.1, -0.05) is 12.7 Å². The fourth-order valence-electron chi connectivity index (χ4n) is 1.07. The van der Waals surface area contributed by atoms with E-state index in [1.165, 1.54) is 6.08 Å². The van der Waals surface area contributed by atoms with Crippen molar-refractivity contribution in [3.8, 4) is 0 Å². The maximum Gasteiger partial charge on any atom is 0.415 e. The van der Waals surface area contributed by atoms with E-state index in [2.05, 4.69) is 16.6 Å². The highest BCUT2D eigenvalue weighted by Crippen LogP contribution is 2.07. The molecule has 0 bridgehead atoms. The third-order valence-electron chi connectivity index (χ3n) is 1.77. The van der Waals surface area contributed by atoms with Crippen LogP contribution < -0.4 is 5.32 Å². The van der Waals surface area contributed by atoms with Crippen LogP contribution in [0.2, 0.25) is 0 Å². The molecule has 1 fully saturated rings. The molecule has 1 unspecified atom stereocenters. The molecule has 0 radical (unpaired) electrons. The van der Waals surface area contributed by atoms with Gasteiger partial charge < -0.3 is 14.8 Å². The molecule has 0 saturated carbocycles. The maximum absolute atomic E-state index is 11.0. The first-order valence-corrected chi connectivity index (χ1v) is 4.42. The highest BCUT2D eigenvalue weighted by molar-refractivity contribution is 5.95. The molecule has 6 nitrogen and oxygen atoms in total. The van der Waals surface area contributed by atoms with Gasteiger partial charge in [-0.15, -0.1) is 0 Å². The van der Waals surface area contributed by atoms with Crippen molar-refractivity contribution >= 4 is 18.0 Å². The lowest BCUT2D eigenvalue weighted by Crippen LogP contribution is -2.29. The summed E-state index contributed by atoms with van der Waals surface area (Å²) >= 11 is 0. The smallest absolute Gasteiger partial charge is 0.415 e. The Labute approximate surface area is 86.2 Å². The van der Waals surface area contributed by atoms with Gasteiger partial charge in [0.2, 0.25) is 0 Å². The molecule has 0 aliphatic carbocycles. The minimum atomic E-state index is -0.774. The predicted octanol–water partition coefficient (Wildman–Crippen LogP) is 0.131. The van der Waals surface area contributed by atoms with Crippen molar-refractivity contribution in [2.24, 2.45) is 0 Å². The van der Waals surface area contributed by atoms with Gasteiger partial charge in [0.25, 0.3) is 0 Å². The number of rotatable bonds is 5. The fraction of sp³-hybridized carbons (Fsp3) is 0.444. The largest absolute Gasteiger partial charge is 0.461 e. The normalized spacial score (nSPS) is 19.3. The zero-order chi connectivity index (χ0) is 11.3. The number of hydrogen-bond acceptors (Lipinski definition) is 5. The zero-order valence-corrected chi connectivity index (χ0v) is 8.02. The number of ether oxygens (including phenoxy) is 2. The summed E-state index contributed by atoms with van der Waals surface area (Å²) in [6.45, 7) is 3.52. The van der Waals surface area contributed by atoms with Crippen molar-refractivity contribution < 1.29 is 23.9 Å². The number of esters is 2. The molecule has 82 valence electrons. The molecule has 0 aromatic heterocycles. The summed E-state index contributed by atoms with van der Waals surface area (Å²) in [7, 11) is 0. The van der Waals surface area contributed by atoms with Crippen LogP contribution in [0.15, 0.2) is 12.7 Å². The van der Waals surface area contributed by atoms with Crippen molar-refractivity contribution in [3.63, 3.8) is 0 Å². The van der Waals surface area contributed by atoms with E-state index < -0.39 is 24.1 Å². The molecule has 1 rings (SSSR count). The number of carbonyl (C=O) groups excluding carboxylic acids is 3. The topological polar surface area (TPSA) is 81.7 Å². The van der Waals surface area contributed by atoms with Gasteiger partial charge in [0, 0.05) is 6.42 Å². The summed E-state index contributed by atoms with van der Waals surface area (Å²) in [6, 6.07) is -0.742. The Hall–Kier alpha value is -1.85. The molecule has 1 heterocycles. The highest BCUT2D eigenvalue weighted by atomic mass is 16.6. The lowest BCUT2D eigenvalue weighted by molar-refractivity contribution is -0.142. The first-order valence-electron chi connectivity index (χ1n) is 4.42. The molecular weight excluding hydrogens is 202 g/mol. The van der Waals surface area contributed by atoms with E-state index in [9.17, 15) is 14.4 Å². The Bertz CT molecular complexity index is 299. The molecule has 1 saturated heterocycles. The van der Waals surface area contributed by atoms with E-state index in [0.29, 0.717) is 0 Å². The van der Waals surface area contributed by atoms with Crippen LogP contribution in [0, 0.1) is 0 Å². The van der Waals surface area contributed by atoms with E-state index in [1.807, 2.05) is 0 Å². The van der Waals surface area contributed by atoms with Gasteiger partial charge in [-0.25, -0.2) is 9.59 Å². The standard InChI is InChI=1S/C9H11NO5/c1-2-5-14-7(11)4-3-6-8(12)15-9(13)10-6/h2,6H,1,3-5H2,(H,10,13). The molecular formula is C9H11NO5. The van der Waals surface area contributed by atoms with E-state index in [0.717, 1.165) is 0 Å². The van der Waals surface area contributed by atoms with E-state index in [4.69, 9.17) is 4.74 Å². The van der Waals surface area contributed by atoms with Crippen LogP contribution in [0.3, 0.4) is 0 Å². The van der Waals surface area contributed by atoms with Gasteiger partial charge in [0.1, 0.15) is 12.6 Å². The molecule has 1 amide bonds. The van der Waals surface area contributed by atoms with Crippen LogP contribution in [0.5, 0.6) is 0 Å². The number of amides is 1. The van der Waals surface area contributed by atoms with E-state index in [1.54, 1.807) is 0 Å². The monoisotopic (exact) mass is 213 g/mol. The molecule has 0 aromatic carbocycles. The van der Waals surface area contributed by atoms with Gasteiger partial charge in [-0.05, 0) is 6.42 Å². The summed E-state index contributed by atoms with van der Waals surface area (Å²) in [6.07, 6.45) is 0.905. The van der Waals surface area contributed by atoms with Crippen molar-refractivity contribution in [1.82, 2.24) is 5.32 Å². The minimum absolute atomic E-state index is 0.0495. The number of cyclic esters (lactones) is 2. The molecule has 1 aliphatic heterocycles. The number of alkyl carbamates (subject to hydrolysis) is 1. The zero-order valence-electron chi connectivity index (χ0n) is 8.02. The Morgan fingerprint density at radius 1 is 1.60 bits per heavy atom. The molecule has 6 heteroatoms. The maximum atomic E-state index is 11.0. The van der Waals surface area contributed by atoms with Crippen molar-refractivity contribution in [2.75, 3.05) is 6.61 Å². The summed E-state index contributed by atoms with van der Waals surface area (Å²) in [5.41, 5.74) is 0. The Morgan fingerprint density at radius 3 is 2.87 bits per heavy atom. The Balaban J connectivity index is 2.25. The first kappa shape index (κ1) is 11.2. The quantitative estimate of drug-likeness (QED) is 0.399. The first-order chi connectivity index (χ1) is 7.13. The SMILES string of the molecule is C=CCOC(=O)CCC1NC(=O)OC1=O. The summed E-state index contributed by atoms with van der Waals surface area (Å²) in [5, 5.41) is 2.28. The van der Waals surface area contributed by atoms with Crippen LogP contribution in [-0.4, -0.2) is 30.7 Å².